The van der Waals surface area contributed by atoms with Gasteiger partial charge in [-0.1, -0.05) is 18.1 Å². The second-order valence-corrected chi connectivity index (χ2v) is 3.55. The number of anilines is 1. The lowest BCUT2D eigenvalue weighted by Gasteiger charge is -2.00. The number of aromatic nitrogens is 2. The molecule has 0 spiro atoms. The highest BCUT2D eigenvalue weighted by molar-refractivity contribution is 5.88. The molecule has 0 aliphatic heterocycles. The zero-order valence-corrected chi connectivity index (χ0v) is 10.1. The van der Waals surface area contributed by atoms with Crippen LogP contribution in [0.4, 0.5) is 6.01 Å². The molecule has 94 valence electrons. The van der Waals surface area contributed by atoms with Crippen molar-refractivity contribution in [1.29, 1.82) is 0 Å². The fourth-order valence-corrected chi connectivity index (χ4v) is 1.35. The first kappa shape index (κ1) is 12.1. The molecule has 1 aromatic carbocycles. The Balaban J connectivity index is 2.20. The molecule has 0 atom stereocenters. The van der Waals surface area contributed by atoms with E-state index in [4.69, 9.17) is 9.15 Å². The summed E-state index contributed by atoms with van der Waals surface area (Å²) in [7, 11) is 1.58. The number of ether oxygens (including phenoxy) is 1. The predicted octanol–water partition coefficient (Wildman–Crippen LogP) is 2.09. The average Bonchev–Trinajstić information content (AvgIpc) is 2.87. The summed E-state index contributed by atoms with van der Waals surface area (Å²) in [5.41, 5.74) is 0.735. The van der Waals surface area contributed by atoms with Gasteiger partial charge in [0.15, 0.2) is 0 Å². The van der Waals surface area contributed by atoms with Crippen molar-refractivity contribution in [2.24, 2.45) is 0 Å². The number of hydrogen-bond acceptors (Lipinski definition) is 5. The fourth-order valence-electron chi connectivity index (χ4n) is 1.35. The van der Waals surface area contributed by atoms with Crippen LogP contribution in [0.3, 0.4) is 0 Å². The van der Waals surface area contributed by atoms with Gasteiger partial charge in [-0.2, -0.15) is 0 Å². The molecule has 0 radical (unpaired) electrons. The first-order valence-electron chi connectivity index (χ1n) is 5.50. The van der Waals surface area contributed by atoms with Crippen molar-refractivity contribution in [3.63, 3.8) is 0 Å². The topological polar surface area (TPSA) is 77.2 Å². The Hall–Kier alpha value is -2.37. The highest BCUT2D eigenvalue weighted by Crippen LogP contribution is 2.23. The lowest BCUT2D eigenvalue weighted by molar-refractivity contribution is -0.116. The molecule has 2 aromatic rings. The SMILES string of the molecule is CCC(=O)Nc1nnc(-c2cccc(OC)c2)o1. The van der Waals surface area contributed by atoms with Crippen molar-refractivity contribution in [2.45, 2.75) is 13.3 Å². The summed E-state index contributed by atoms with van der Waals surface area (Å²) in [5.74, 6) is 0.862. The summed E-state index contributed by atoms with van der Waals surface area (Å²) < 4.78 is 10.4. The second kappa shape index (κ2) is 5.31. The maximum atomic E-state index is 11.2. The van der Waals surface area contributed by atoms with Crippen LogP contribution in [0.25, 0.3) is 11.5 Å². The first-order chi connectivity index (χ1) is 8.72. The molecule has 18 heavy (non-hydrogen) atoms. The van der Waals surface area contributed by atoms with Gasteiger partial charge in [0.2, 0.25) is 11.8 Å². The number of carbonyl (C=O) groups excluding carboxylic acids is 1. The summed E-state index contributed by atoms with van der Waals surface area (Å²) in [6.07, 6.45) is 0.358. The Bertz CT molecular complexity index is 551. The van der Waals surface area contributed by atoms with Gasteiger partial charge < -0.3 is 9.15 Å². The molecule has 1 heterocycles. The number of amides is 1. The summed E-state index contributed by atoms with van der Waals surface area (Å²) in [6, 6.07) is 7.34. The third kappa shape index (κ3) is 2.65. The van der Waals surface area contributed by atoms with Gasteiger partial charge in [0.05, 0.1) is 7.11 Å². The summed E-state index contributed by atoms with van der Waals surface area (Å²) in [4.78, 5) is 11.2. The number of methoxy groups -OCH3 is 1. The third-order valence-electron chi connectivity index (χ3n) is 2.31. The van der Waals surface area contributed by atoms with E-state index in [0.717, 1.165) is 5.56 Å². The monoisotopic (exact) mass is 247 g/mol. The van der Waals surface area contributed by atoms with E-state index >= 15 is 0 Å². The Morgan fingerprint density at radius 3 is 3.00 bits per heavy atom. The minimum absolute atomic E-state index is 0.0969. The number of rotatable bonds is 4. The zero-order valence-electron chi connectivity index (χ0n) is 10.1. The van der Waals surface area contributed by atoms with Crippen LogP contribution in [-0.4, -0.2) is 23.2 Å². The molecule has 2 rings (SSSR count). The van der Waals surface area contributed by atoms with Crippen molar-refractivity contribution >= 4 is 11.9 Å². The molecule has 0 saturated heterocycles. The van der Waals surface area contributed by atoms with Crippen LogP contribution >= 0.6 is 0 Å². The summed E-state index contributed by atoms with van der Waals surface area (Å²) in [6.45, 7) is 1.74. The maximum absolute atomic E-state index is 11.2. The first-order valence-corrected chi connectivity index (χ1v) is 5.50. The smallest absolute Gasteiger partial charge is 0.322 e. The molecular formula is C12H13N3O3. The van der Waals surface area contributed by atoms with Gasteiger partial charge in [-0.15, -0.1) is 5.10 Å². The summed E-state index contributed by atoms with van der Waals surface area (Å²) in [5, 5.41) is 10.1. The lowest BCUT2D eigenvalue weighted by atomic mass is 10.2. The molecule has 1 N–H and O–H groups in total. The molecule has 6 heteroatoms. The molecule has 6 nitrogen and oxygen atoms in total. The van der Waals surface area contributed by atoms with E-state index < -0.39 is 0 Å². The van der Waals surface area contributed by atoms with Gasteiger partial charge in [0, 0.05) is 12.0 Å². The number of nitrogens with one attached hydrogen (secondary N) is 1. The minimum atomic E-state index is -0.171. The van der Waals surface area contributed by atoms with Gasteiger partial charge in [-0.05, 0) is 18.2 Å². The van der Waals surface area contributed by atoms with Crippen LogP contribution in [0.2, 0.25) is 0 Å². The average molecular weight is 247 g/mol. The molecule has 0 saturated carbocycles. The van der Waals surface area contributed by atoms with Crippen molar-refractivity contribution < 1.29 is 13.9 Å². The quantitative estimate of drug-likeness (QED) is 0.895. The van der Waals surface area contributed by atoms with Crippen LogP contribution in [-0.2, 0) is 4.79 Å². The van der Waals surface area contributed by atoms with E-state index in [2.05, 4.69) is 15.5 Å². The normalized spacial score (nSPS) is 10.1. The minimum Gasteiger partial charge on any atom is -0.497 e. The van der Waals surface area contributed by atoms with Crippen molar-refractivity contribution in [1.82, 2.24) is 10.2 Å². The van der Waals surface area contributed by atoms with Crippen LogP contribution in [0.15, 0.2) is 28.7 Å². The third-order valence-corrected chi connectivity index (χ3v) is 2.31. The number of benzene rings is 1. The van der Waals surface area contributed by atoms with Gasteiger partial charge in [-0.25, -0.2) is 0 Å². The standard InChI is InChI=1S/C12H13N3O3/c1-3-10(16)13-12-15-14-11(18-12)8-5-4-6-9(7-8)17-2/h4-7H,3H2,1-2H3,(H,13,15,16). The van der Waals surface area contributed by atoms with E-state index in [0.29, 0.717) is 18.1 Å². The molecule has 0 aliphatic rings. The van der Waals surface area contributed by atoms with E-state index in [1.807, 2.05) is 18.2 Å². The lowest BCUT2D eigenvalue weighted by Crippen LogP contribution is -2.09. The van der Waals surface area contributed by atoms with Gasteiger partial charge >= 0.3 is 6.01 Å². The predicted molar refractivity (Wildman–Crippen MR) is 65.2 cm³/mol. The second-order valence-electron chi connectivity index (χ2n) is 3.55. The van der Waals surface area contributed by atoms with E-state index in [-0.39, 0.29) is 11.9 Å². The van der Waals surface area contributed by atoms with Crippen LogP contribution in [0.5, 0.6) is 5.75 Å². The van der Waals surface area contributed by atoms with Crippen molar-refractivity contribution in [3.8, 4) is 17.2 Å². The van der Waals surface area contributed by atoms with E-state index in [1.165, 1.54) is 0 Å². The molecule has 1 aromatic heterocycles. The van der Waals surface area contributed by atoms with E-state index in [9.17, 15) is 4.79 Å². The van der Waals surface area contributed by atoms with Crippen molar-refractivity contribution in [3.05, 3.63) is 24.3 Å². The number of carbonyl (C=O) groups is 1. The molecule has 0 aliphatic carbocycles. The molecule has 0 bridgehead atoms. The molecule has 0 unspecified atom stereocenters. The molecular weight excluding hydrogens is 234 g/mol. The Morgan fingerprint density at radius 1 is 1.44 bits per heavy atom. The Labute approximate surface area is 104 Å². The van der Waals surface area contributed by atoms with Crippen LogP contribution < -0.4 is 10.1 Å². The highest BCUT2D eigenvalue weighted by atomic mass is 16.5. The maximum Gasteiger partial charge on any atom is 0.322 e. The Morgan fingerprint density at radius 2 is 2.28 bits per heavy atom. The zero-order chi connectivity index (χ0) is 13.0. The van der Waals surface area contributed by atoms with Gasteiger partial charge in [0.25, 0.3) is 0 Å². The van der Waals surface area contributed by atoms with E-state index in [1.54, 1.807) is 20.1 Å². The number of nitrogens with zero attached hydrogens (tertiary/aromatic N) is 2. The van der Waals surface area contributed by atoms with Crippen LogP contribution in [0, 0.1) is 0 Å². The number of hydrogen-bond donors (Lipinski definition) is 1. The van der Waals surface area contributed by atoms with Crippen LogP contribution in [0.1, 0.15) is 13.3 Å². The van der Waals surface area contributed by atoms with Gasteiger partial charge in [-0.3, -0.25) is 10.1 Å². The fraction of sp³-hybridized carbons (Fsp3) is 0.250. The largest absolute Gasteiger partial charge is 0.497 e. The summed E-state index contributed by atoms with van der Waals surface area (Å²) >= 11 is 0. The highest BCUT2D eigenvalue weighted by Gasteiger charge is 2.10. The molecule has 1 amide bonds. The van der Waals surface area contributed by atoms with Crippen molar-refractivity contribution in [2.75, 3.05) is 12.4 Å². The molecule has 0 fully saturated rings. The Kier molecular flexibility index (Phi) is 3.57. The van der Waals surface area contributed by atoms with Gasteiger partial charge in [0.1, 0.15) is 5.75 Å².